The van der Waals surface area contributed by atoms with Crippen molar-refractivity contribution in [3.8, 4) is 11.5 Å². The Hall–Kier alpha value is -1.59. The van der Waals surface area contributed by atoms with E-state index in [4.69, 9.17) is 9.47 Å². The van der Waals surface area contributed by atoms with E-state index in [0.717, 1.165) is 31.9 Å². The van der Waals surface area contributed by atoms with Crippen molar-refractivity contribution in [3.63, 3.8) is 0 Å². The molecule has 1 saturated heterocycles. The Kier molecular flexibility index (Phi) is 4.41. The van der Waals surface area contributed by atoms with Crippen LogP contribution in [0.5, 0.6) is 11.5 Å². The monoisotopic (exact) mass is 290 g/mol. The van der Waals surface area contributed by atoms with Crippen molar-refractivity contribution in [2.45, 2.75) is 19.4 Å². The minimum atomic E-state index is 0.165. The largest absolute Gasteiger partial charge is 0.486 e. The number of ketones is 1. The summed E-state index contributed by atoms with van der Waals surface area (Å²) in [6.45, 7) is 7.26. The summed E-state index contributed by atoms with van der Waals surface area (Å²) in [5.41, 5.74) is 0.709. The summed E-state index contributed by atoms with van der Waals surface area (Å²) in [6, 6.07) is 5.74. The first-order valence-corrected chi connectivity index (χ1v) is 7.61. The molecule has 1 fully saturated rings. The van der Waals surface area contributed by atoms with E-state index >= 15 is 0 Å². The van der Waals surface area contributed by atoms with E-state index in [1.165, 1.54) is 0 Å². The highest BCUT2D eigenvalue weighted by Crippen LogP contribution is 2.31. The van der Waals surface area contributed by atoms with E-state index in [0.29, 0.717) is 30.9 Å². The zero-order valence-electron chi connectivity index (χ0n) is 12.4. The third-order valence-electron chi connectivity index (χ3n) is 4.12. The fourth-order valence-electron chi connectivity index (χ4n) is 2.85. The van der Waals surface area contributed by atoms with Crippen LogP contribution in [0, 0.1) is 0 Å². The predicted octanol–water partition coefficient (Wildman–Crippen LogP) is 1.32. The molecule has 1 aromatic rings. The Balaban J connectivity index is 1.64. The second-order valence-electron chi connectivity index (χ2n) is 5.62. The van der Waals surface area contributed by atoms with Crippen LogP contribution in [0.4, 0.5) is 0 Å². The fraction of sp³-hybridized carbons (Fsp3) is 0.562. The first kappa shape index (κ1) is 14.4. The molecule has 0 aromatic heterocycles. The molecule has 114 valence electrons. The average molecular weight is 290 g/mol. The van der Waals surface area contributed by atoms with Gasteiger partial charge in [0.05, 0.1) is 0 Å². The lowest BCUT2D eigenvalue weighted by molar-refractivity contribution is 0.0916. The molecule has 0 amide bonds. The van der Waals surface area contributed by atoms with Gasteiger partial charge in [0.15, 0.2) is 17.3 Å². The molecule has 0 radical (unpaired) electrons. The van der Waals surface area contributed by atoms with Gasteiger partial charge in [-0.3, -0.25) is 9.69 Å². The van der Waals surface area contributed by atoms with E-state index in [1.807, 2.05) is 12.1 Å². The lowest BCUT2D eigenvalue weighted by atomic mass is 10.0. The number of piperazine rings is 1. The Bertz CT molecular complexity index is 512. The number of fused-ring (bicyclic) bond motifs is 1. The molecule has 5 nitrogen and oxygen atoms in total. The number of carbonyl (C=O) groups is 1. The number of hydrogen-bond acceptors (Lipinski definition) is 5. The Labute approximate surface area is 125 Å². The zero-order valence-corrected chi connectivity index (χ0v) is 12.4. The van der Waals surface area contributed by atoms with Crippen LogP contribution in [0.25, 0.3) is 0 Å². The van der Waals surface area contributed by atoms with E-state index in [1.54, 1.807) is 6.07 Å². The smallest absolute Gasteiger partial charge is 0.164 e. The molecule has 5 heteroatoms. The fourth-order valence-corrected chi connectivity index (χ4v) is 2.85. The van der Waals surface area contributed by atoms with Crippen molar-refractivity contribution in [3.05, 3.63) is 23.8 Å². The number of ether oxygens (including phenoxy) is 2. The van der Waals surface area contributed by atoms with Gasteiger partial charge in [-0.15, -0.1) is 0 Å². The average Bonchev–Trinajstić information content (AvgIpc) is 2.55. The van der Waals surface area contributed by atoms with E-state index < -0.39 is 0 Å². The second-order valence-corrected chi connectivity index (χ2v) is 5.62. The molecule has 1 aromatic carbocycles. The van der Waals surface area contributed by atoms with Gasteiger partial charge in [-0.2, -0.15) is 0 Å². The van der Waals surface area contributed by atoms with Crippen LogP contribution in [0.3, 0.4) is 0 Å². The third-order valence-corrected chi connectivity index (χ3v) is 4.12. The summed E-state index contributed by atoms with van der Waals surface area (Å²) >= 11 is 0. The number of benzene rings is 1. The molecule has 3 rings (SSSR count). The maximum atomic E-state index is 12.4. The van der Waals surface area contributed by atoms with Crippen LogP contribution in [0.15, 0.2) is 18.2 Å². The minimum Gasteiger partial charge on any atom is -0.486 e. The summed E-state index contributed by atoms with van der Waals surface area (Å²) in [7, 11) is 0. The molecule has 1 unspecified atom stereocenters. The highest BCUT2D eigenvalue weighted by Gasteiger charge is 2.21. The van der Waals surface area contributed by atoms with Gasteiger partial charge in [0.25, 0.3) is 0 Å². The van der Waals surface area contributed by atoms with Crippen molar-refractivity contribution >= 4 is 5.78 Å². The standard InChI is InChI=1S/C16H22N2O3/c1-12(18-6-4-17-5-7-18)10-14(19)13-2-3-15-16(11-13)21-9-8-20-15/h2-3,11-12,17H,4-10H2,1H3. The minimum absolute atomic E-state index is 0.165. The second kappa shape index (κ2) is 6.45. The molecular formula is C16H22N2O3. The lowest BCUT2D eigenvalue weighted by Crippen LogP contribution is -2.48. The third kappa shape index (κ3) is 3.36. The summed E-state index contributed by atoms with van der Waals surface area (Å²) in [5, 5.41) is 3.33. The first-order chi connectivity index (χ1) is 10.2. The lowest BCUT2D eigenvalue weighted by Gasteiger charge is -2.32. The van der Waals surface area contributed by atoms with Crippen molar-refractivity contribution in [2.24, 2.45) is 0 Å². The summed E-state index contributed by atoms with van der Waals surface area (Å²) in [5.74, 6) is 1.58. The molecule has 2 aliphatic heterocycles. The van der Waals surface area contributed by atoms with Gasteiger partial charge in [-0.1, -0.05) is 0 Å². The van der Waals surface area contributed by atoms with Crippen LogP contribution >= 0.6 is 0 Å². The highest BCUT2D eigenvalue weighted by atomic mass is 16.6. The topological polar surface area (TPSA) is 50.8 Å². The van der Waals surface area contributed by atoms with Gasteiger partial charge in [0.1, 0.15) is 13.2 Å². The summed E-state index contributed by atoms with van der Waals surface area (Å²) in [4.78, 5) is 14.8. The van der Waals surface area contributed by atoms with Crippen molar-refractivity contribution < 1.29 is 14.3 Å². The molecule has 21 heavy (non-hydrogen) atoms. The Morgan fingerprint density at radius 3 is 2.71 bits per heavy atom. The van der Waals surface area contributed by atoms with Gasteiger partial charge >= 0.3 is 0 Å². The predicted molar refractivity (Wildman–Crippen MR) is 80.3 cm³/mol. The van der Waals surface area contributed by atoms with E-state index in [9.17, 15) is 4.79 Å². The molecule has 2 aliphatic rings. The van der Waals surface area contributed by atoms with Gasteiger partial charge in [0.2, 0.25) is 0 Å². The highest BCUT2D eigenvalue weighted by molar-refractivity contribution is 5.97. The first-order valence-electron chi connectivity index (χ1n) is 7.61. The summed E-state index contributed by atoms with van der Waals surface area (Å²) < 4.78 is 11.0. The number of nitrogens with one attached hydrogen (secondary N) is 1. The SMILES string of the molecule is CC(CC(=O)c1ccc2c(c1)OCCO2)N1CCNCC1. The maximum Gasteiger partial charge on any atom is 0.164 e. The van der Waals surface area contributed by atoms with Crippen LogP contribution in [0.2, 0.25) is 0 Å². The quantitative estimate of drug-likeness (QED) is 0.848. The van der Waals surface area contributed by atoms with E-state index in [2.05, 4.69) is 17.1 Å². The Morgan fingerprint density at radius 2 is 1.95 bits per heavy atom. The Morgan fingerprint density at radius 1 is 1.24 bits per heavy atom. The summed E-state index contributed by atoms with van der Waals surface area (Å²) in [6.07, 6.45) is 0.541. The molecule has 1 N–H and O–H groups in total. The number of hydrogen-bond donors (Lipinski definition) is 1. The molecule has 0 saturated carbocycles. The van der Waals surface area contributed by atoms with Crippen LogP contribution in [-0.2, 0) is 0 Å². The van der Waals surface area contributed by atoms with Gasteiger partial charge in [-0.05, 0) is 25.1 Å². The van der Waals surface area contributed by atoms with Crippen molar-refractivity contribution in [1.29, 1.82) is 0 Å². The van der Waals surface area contributed by atoms with Crippen LogP contribution in [-0.4, -0.2) is 56.1 Å². The molecule has 0 spiro atoms. The van der Waals surface area contributed by atoms with Gasteiger partial charge in [0, 0.05) is 44.2 Å². The van der Waals surface area contributed by atoms with E-state index in [-0.39, 0.29) is 11.8 Å². The molecule has 0 aliphatic carbocycles. The molecule has 0 bridgehead atoms. The number of rotatable bonds is 4. The zero-order chi connectivity index (χ0) is 14.7. The number of nitrogens with zero attached hydrogens (tertiary/aromatic N) is 1. The number of Topliss-reactive ketones (excluding diaryl/α,β-unsaturated/α-hetero) is 1. The van der Waals surface area contributed by atoms with Crippen molar-refractivity contribution in [2.75, 3.05) is 39.4 Å². The maximum absolute atomic E-state index is 12.4. The molecule has 2 heterocycles. The molecule has 1 atom stereocenters. The van der Waals surface area contributed by atoms with Crippen LogP contribution < -0.4 is 14.8 Å². The normalized spacial score (nSPS) is 20.0. The van der Waals surface area contributed by atoms with Crippen molar-refractivity contribution in [1.82, 2.24) is 10.2 Å². The number of carbonyl (C=O) groups excluding carboxylic acids is 1. The molecular weight excluding hydrogens is 268 g/mol. The van der Waals surface area contributed by atoms with Gasteiger partial charge in [-0.25, -0.2) is 0 Å². The van der Waals surface area contributed by atoms with Gasteiger partial charge < -0.3 is 14.8 Å². The van der Waals surface area contributed by atoms with Crippen LogP contribution in [0.1, 0.15) is 23.7 Å².